The zero-order valence-electron chi connectivity index (χ0n) is 10.5. The number of anilines is 1. The second kappa shape index (κ2) is 4.42. The van der Waals surface area contributed by atoms with E-state index in [-0.39, 0.29) is 6.04 Å². The summed E-state index contributed by atoms with van der Waals surface area (Å²) in [7, 11) is 0. The quantitative estimate of drug-likeness (QED) is 0.864. The van der Waals surface area contributed by atoms with Gasteiger partial charge in [0.1, 0.15) is 6.33 Å². The molecule has 1 aromatic heterocycles. The number of rotatable bonds is 2. The van der Waals surface area contributed by atoms with Crippen LogP contribution in [0.25, 0.3) is 0 Å². The third kappa shape index (κ3) is 1.86. The van der Waals surface area contributed by atoms with Crippen LogP contribution in [0.3, 0.4) is 0 Å². The molecular formula is C13H17N5. The number of benzene rings is 1. The number of hydrogen-bond acceptors (Lipinski definition) is 4. The molecule has 0 bridgehead atoms. The van der Waals surface area contributed by atoms with Crippen molar-refractivity contribution >= 4 is 5.69 Å². The summed E-state index contributed by atoms with van der Waals surface area (Å²) in [5, 5.41) is 8.10. The first-order chi connectivity index (χ1) is 8.75. The van der Waals surface area contributed by atoms with Crippen LogP contribution in [0.5, 0.6) is 0 Å². The van der Waals surface area contributed by atoms with E-state index in [9.17, 15) is 0 Å². The highest BCUT2D eigenvalue weighted by Gasteiger charge is 2.20. The van der Waals surface area contributed by atoms with Gasteiger partial charge in [-0.3, -0.25) is 0 Å². The fourth-order valence-electron chi connectivity index (χ4n) is 2.43. The Bertz CT molecular complexity index is 546. The van der Waals surface area contributed by atoms with Gasteiger partial charge in [0.25, 0.3) is 0 Å². The maximum atomic E-state index is 6.04. The molecule has 18 heavy (non-hydrogen) atoms. The zero-order chi connectivity index (χ0) is 12.5. The van der Waals surface area contributed by atoms with Crippen molar-refractivity contribution < 1.29 is 0 Å². The van der Waals surface area contributed by atoms with Gasteiger partial charge in [-0.25, -0.2) is 0 Å². The summed E-state index contributed by atoms with van der Waals surface area (Å²) in [5.41, 5.74) is 8.43. The lowest BCUT2D eigenvalue weighted by Gasteiger charge is -2.31. The molecule has 94 valence electrons. The predicted octanol–water partition coefficient (Wildman–Crippen LogP) is 1.32. The van der Waals surface area contributed by atoms with E-state index >= 15 is 0 Å². The molecule has 2 aromatic rings. The Balaban J connectivity index is 1.93. The van der Waals surface area contributed by atoms with E-state index in [1.165, 1.54) is 11.3 Å². The highest BCUT2D eigenvalue weighted by Crippen LogP contribution is 2.27. The Kier molecular flexibility index (Phi) is 2.76. The van der Waals surface area contributed by atoms with Gasteiger partial charge in [-0.15, -0.1) is 10.2 Å². The second-order valence-corrected chi connectivity index (χ2v) is 4.71. The summed E-state index contributed by atoms with van der Waals surface area (Å²) in [6, 6.07) is 8.36. The number of aromatic nitrogens is 3. The van der Waals surface area contributed by atoms with Gasteiger partial charge in [0, 0.05) is 24.8 Å². The molecule has 0 saturated heterocycles. The molecule has 1 atom stereocenters. The minimum Gasteiger partial charge on any atom is -0.362 e. The highest BCUT2D eigenvalue weighted by molar-refractivity contribution is 5.55. The molecule has 1 aromatic carbocycles. The van der Waals surface area contributed by atoms with Crippen LogP contribution in [0.15, 0.2) is 30.6 Å². The van der Waals surface area contributed by atoms with E-state index in [1.807, 2.05) is 13.0 Å². The molecule has 2 N–H and O–H groups in total. The minimum absolute atomic E-state index is 0.0426. The van der Waals surface area contributed by atoms with Crippen molar-refractivity contribution in [1.29, 1.82) is 0 Å². The monoisotopic (exact) mass is 243 g/mol. The lowest BCUT2D eigenvalue weighted by Crippen LogP contribution is -2.34. The number of fused-ring (bicyclic) bond motifs is 1. The van der Waals surface area contributed by atoms with Crippen molar-refractivity contribution in [1.82, 2.24) is 14.8 Å². The van der Waals surface area contributed by atoms with Gasteiger partial charge in [-0.1, -0.05) is 18.2 Å². The molecule has 1 aliphatic rings. The summed E-state index contributed by atoms with van der Waals surface area (Å²) < 4.78 is 2.10. The molecule has 1 aliphatic heterocycles. The van der Waals surface area contributed by atoms with Gasteiger partial charge in [0.2, 0.25) is 0 Å². The molecule has 0 aliphatic carbocycles. The van der Waals surface area contributed by atoms with Crippen LogP contribution < -0.4 is 10.6 Å². The summed E-state index contributed by atoms with van der Waals surface area (Å²) in [5.74, 6) is 1.01. The summed E-state index contributed by atoms with van der Waals surface area (Å²) >= 11 is 0. The standard InChI is InChI=1S/C13H17N5/c1-10(14)11-4-2-3-5-12(11)17-6-7-18-9-15-16-13(18)8-17/h2-5,9-10H,6-8,14H2,1H3/t10-/m1/s1. The van der Waals surface area contributed by atoms with Gasteiger partial charge in [0.05, 0.1) is 6.54 Å². The Labute approximate surface area is 106 Å². The lowest BCUT2D eigenvalue weighted by molar-refractivity contribution is 0.557. The Hall–Kier alpha value is -1.88. The SMILES string of the molecule is C[C@@H](N)c1ccccc1N1CCn2cnnc2C1. The molecule has 0 spiro atoms. The van der Waals surface area contributed by atoms with Crippen LogP contribution in [-0.4, -0.2) is 21.3 Å². The van der Waals surface area contributed by atoms with Crippen LogP contribution in [0.1, 0.15) is 24.4 Å². The van der Waals surface area contributed by atoms with Crippen molar-refractivity contribution in [3.05, 3.63) is 42.0 Å². The number of nitrogens with zero attached hydrogens (tertiary/aromatic N) is 4. The van der Waals surface area contributed by atoms with Crippen molar-refractivity contribution in [3.8, 4) is 0 Å². The van der Waals surface area contributed by atoms with Crippen molar-refractivity contribution in [2.45, 2.75) is 26.1 Å². The number of para-hydroxylation sites is 1. The minimum atomic E-state index is 0.0426. The molecule has 0 fully saturated rings. The molecule has 3 rings (SSSR count). The third-order valence-electron chi connectivity index (χ3n) is 3.41. The fraction of sp³-hybridized carbons (Fsp3) is 0.385. The Morgan fingerprint density at radius 2 is 2.11 bits per heavy atom. The first kappa shape index (κ1) is 11.2. The molecular weight excluding hydrogens is 226 g/mol. The van der Waals surface area contributed by atoms with Gasteiger partial charge >= 0.3 is 0 Å². The summed E-state index contributed by atoms with van der Waals surface area (Å²) in [6.07, 6.45) is 1.80. The van der Waals surface area contributed by atoms with Crippen molar-refractivity contribution in [2.24, 2.45) is 5.73 Å². The molecule has 0 radical (unpaired) electrons. The first-order valence-corrected chi connectivity index (χ1v) is 6.22. The van der Waals surface area contributed by atoms with Gasteiger partial charge in [-0.2, -0.15) is 0 Å². The number of hydrogen-bond donors (Lipinski definition) is 1. The van der Waals surface area contributed by atoms with E-state index in [0.29, 0.717) is 0 Å². The summed E-state index contributed by atoms with van der Waals surface area (Å²) in [4.78, 5) is 2.32. The van der Waals surface area contributed by atoms with E-state index in [2.05, 4.69) is 37.9 Å². The number of nitrogens with two attached hydrogens (primary N) is 1. The normalized spacial score (nSPS) is 16.4. The van der Waals surface area contributed by atoms with Crippen LogP contribution in [0.2, 0.25) is 0 Å². The van der Waals surface area contributed by atoms with Gasteiger partial charge < -0.3 is 15.2 Å². The van der Waals surface area contributed by atoms with E-state index in [1.54, 1.807) is 6.33 Å². The van der Waals surface area contributed by atoms with E-state index in [4.69, 9.17) is 5.73 Å². The van der Waals surface area contributed by atoms with Crippen LogP contribution >= 0.6 is 0 Å². The average Bonchev–Trinajstić information content (AvgIpc) is 2.85. The Morgan fingerprint density at radius 3 is 2.94 bits per heavy atom. The van der Waals surface area contributed by atoms with Gasteiger partial charge in [-0.05, 0) is 18.6 Å². The second-order valence-electron chi connectivity index (χ2n) is 4.71. The van der Waals surface area contributed by atoms with Crippen LogP contribution in [-0.2, 0) is 13.1 Å². The third-order valence-corrected chi connectivity index (χ3v) is 3.41. The van der Waals surface area contributed by atoms with Crippen molar-refractivity contribution in [3.63, 3.8) is 0 Å². The Morgan fingerprint density at radius 1 is 1.28 bits per heavy atom. The summed E-state index contributed by atoms with van der Waals surface area (Å²) in [6.45, 7) is 4.71. The zero-order valence-corrected chi connectivity index (χ0v) is 10.5. The van der Waals surface area contributed by atoms with Crippen molar-refractivity contribution in [2.75, 3.05) is 11.4 Å². The topological polar surface area (TPSA) is 60.0 Å². The molecule has 0 amide bonds. The van der Waals surface area contributed by atoms with E-state index < -0.39 is 0 Å². The van der Waals surface area contributed by atoms with Crippen LogP contribution in [0, 0.1) is 0 Å². The fourth-order valence-corrected chi connectivity index (χ4v) is 2.43. The smallest absolute Gasteiger partial charge is 0.152 e. The maximum Gasteiger partial charge on any atom is 0.152 e. The molecule has 0 saturated carbocycles. The predicted molar refractivity (Wildman–Crippen MR) is 70.1 cm³/mol. The largest absolute Gasteiger partial charge is 0.362 e. The van der Waals surface area contributed by atoms with Crippen LogP contribution in [0.4, 0.5) is 5.69 Å². The average molecular weight is 243 g/mol. The molecule has 0 unspecified atom stereocenters. The van der Waals surface area contributed by atoms with E-state index in [0.717, 1.165) is 25.5 Å². The van der Waals surface area contributed by atoms with Gasteiger partial charge in [0.15, 0.2) is 5.82 Å². The molecule has 5 nitrogen and oxygen atoms in total. The lowest BCUT2D eigenvalue weighted by atomic mass is 10.1. The molecule has 2 heterocycles. The highest BCUT2D eigenvalue weighted by atomic mass is 15.3. The first-order valence-electron chi connectivity index (χ1n) is 6.22. The maximum absolute atomic E-state index is 6.04. The molecule has 5 heteroatoms.